The van der Waals surface area contributed by atoms with Crippen LogP contribution in [0.5, 0.6) is 0 Å². The topological polar surface area (TPSA) is 72.9 Å². The molecule has 1 atom stereocenters. The second kappa shape index (κ2) is 4.69. The number of rotatable bonds is 1. The van der Waals surface area contributed by atoms with E-state index >= 15 is 0 Å². The number of carbonyl (C=O) groups excluding carboxylic acids is 1. The van der Waals surface area contributed by atoms with E-state index in [4.69, 9.17) is 0 Å². The maximum Gasteiger partial charge on any atom is 0.301 e. The summed E-state index contributed by atoms with van der Waals surface area (Å²) in [6.45, 7) is 0.537. The van der Waals surface area contributed by atoms with Crippen LogP contribution in [0.3, 0.4) is 0 Å². The first-order chi connectivity index (χ1) is 11.8. The molecule has 0 saturated carbocycles. The highest BCUT2D eigenvalue weighted by atomic mass is 16.3. The number of fused-ring (bicyclic) bond motifs is 6. The fourth-order valence-electron chi connectivity index (χ4n) is 4.39. The molecule has 2 aliphatic rings. The van der Waals surface area contributed by atoms with Crippen molar-refractivity contribution in [1.29, 1.82) is 0 Å². The zero-order valence-corrected chi connectivity index (χ0v) is 13.1. The quantitative estimate of drug-likeness (QED) is 0.621. The molecule has 1 aromatic heterocycles. The molecule has 2 aromatic carbocycles. The zero-order valence-electron chi connectivity index (χ0n) is 13.1. The maximum atomic E-state index is 13.3. The Hall–Kier alpha value is -2.63. The number of hydrogen-bond donors (Lipinski definition) is 3. The summed E-state index contributed by atoms with van der Waals surface area (Å²) in [5.41, 5.74) is 4.18. The number of aliphatic hydroxyl groups excluding tert-OH is 1. The smallest absolute Gasteiger partial charge is 0.301 e. The highest BCUT2D eigenvalue weighted by molar-refractivity contribution is 6.09. The molecular weight excluding hydrogens is 302 g/mol. The average molecular weight is 320 g/mol. The van der Waals surface area contributed by atoms with Crippen molar-refractivity contribution in [3.63, 3.8) is 0 Å². The number of hydrogen-bond acceptors (Lipinski definition) is 2. The largest absolute Gasteiger partial charge is 0.376 e. The molecule has 0 saturated heterocycles. The van der Waals surface area contributed by atoms with Crippen LogP contribution in [-0.4, -0.2) is 29.3 Å². The van der Waals surface area contributed by atoms with Crippen molar-refractivity contribution >= 4 is 22.5 Å². The van der Waals surface area contributed by atoms with Gasteiger partial charge in [0, 0.05) is 17.3 Å². The molecule has 3 heterocycles. The second-order valence-electron chi connectivity index (χ2n) is 6.47. The molecule has 5 heteroatoms. The number of nitrogens with one attached hydrogen (secondary N) is 1. The number of benzene rings is 2. The standard InChI is InChI=1S/C19H17N3O2/c23-11-22-16-8-4-2-6-14(16)19(18(22)24)17-13(9-10-20-19)12-5-1-3-7-15(12)21-17/h1-8,20-21,23H,9-11H2/p+1/t19-/m1/s1. The molecule has 0 aliphatic carbocycles. The van der Waals surface area contributed by atoms with Gasteiger partial charge in [0.2, 0.25) is 5.54 Å². The summed E-state index contributed by atoms with van der Waals surface area (Å²) in [7, 11) is 0. The van der Waals surface area contributed by atoms with Crippen LogP contribution in [0.1, 0.15) is 16.8 Å². The number of H-pyrrole nitrogens is 1. The highest BCUT2D eigenvalue weighted by Gasteiger charge is 2.58. The average Bonchev–Trinajstić information content (AvgIpc) is 3.11. The minimum absolute atomic E-state index is 0.0706. The predicted molar refractivity (Wildman–Crippen MR) is 90.6 cm³/mol. The van der Waals surface area contributed by atoms with Crippen molar-refractivity contribution in [2.24, 2.45) is 0 Å². The summed E-state index contributed by atoms with van der Waals surface area (Å²) >= 11 is 0. The van der Waals surface area contributed by atoms with E-state index < -0.39 is 5.54 Å². The van der Waals surface area contributed by atoms with Crippen LogP contribution < -0.4 is 10.2 Å². The van der Waals surface area contributed by atoms with Gasteiger partial charge in [-0.25, -0.2) is 0 Å². The van der Waals surface area contributed by atoms with Crippen LogP contribution in [0.15, 0.2) is 48.5 Å². The summed E-state index contributed by atoms with van der Waals surface area (Å²) in [6, 6.07) is 16.0. The minimum Gasteiger partial charge on any atom is -0.376 e. The lowest BCUT2D eigenvalue weighted by Gasteiger charge is -2.30. The number of anilines is 1. The summed E-state index contributed by atoms with van der Waals surface area (Å²) in [6.07, 6.45) is 0.926. The molecule has 4 N–H and O–H groups in total. The monoisotopic (exact) mass is 320 g/mol. The first-order valence-electron chi connectivity index (χ1n) is 8.24. The minimum atomic E-state index is -0.814. The summed E-state index contributed by atoms with van der Waals surface area (Å²) in [5, 5.41) is 13.1. The number of para-hydroxylation sites is 2. The normalized spacial score (nSPS) is 22.2. The van der Waals surface area contributed by atoms with E-state index in [1.165, 1.54) is 15.8 Å². The molecule has 0 unspecified atom stereocenters. The Bertz CT molecular complexity index is 978. The molecule has 120 valence electrons. The van der Waals surface area contributed by atoms with Crippen molar-refractivity contribution in [3.8, 4) is 0 Å². The first kappa shape index (κ1) is 13.8. The Morgan fingerprint density at radius 2 is 1.96 bits per heavy atom. The van der Waals surface area contributed by atoms with Gasteiger partial charge in [-0.05, 0) is 23.8 Å². The van der Waals surface area contributed by atoms with Crippen LogP contribution in [0.25, 0.3) is 10.9 Å². The Morgan fingerprint density at radius 3 is 2.83 bits per heavy atom. The van der Waals surface area contributed by atoms with Gasteiger partial charge in [-0.3, -0.25) is 9.69 Å². The lowest BCUT2D eigenvalue weighted by molar-refractivity contribution is -0.714. The fourth-order valence-corrected chi connectivity index (χ4v) is 4.39. The molecule has 2 aliphatic heterocycles. The summed E-state index contributed by atoms with van der Waals surface area (Å²) in [5.74, 6) is -0.0706. The predicted octanol–water partition coefficient (Wildman–Crippen LogP) is 0.827. The van der Waals surface area contributed by atoms with E-state index in [0.29, 0.717) is 0 Å². The van der Waals surface area contributed by atoms with Crippen LogP contribution in [-0.2, 0) is 16.8 Å². The molecule has 0 radical (unpaired) electrons. The van der Waals surface area contributed by atoms with E-state index in [0.717, 1.165) is 35.4 Å². The number of aromatic nitrogens is 1. The summed E-state index contributed by atoms with van der Waals surface area (Å²) in [4.78, 5) is 18.3. The van der Waals surface area contributed by atoms with Crippen molar-refractivity contribution in [3.05, 3.63) is 65.4 Å². The van der Waals surface area contributed by atoms with E-state index in [1.54, 1.807) is 0 Å². The lowest BCUT2D eigenvalue weighted by atomic mass is 9.82. The highest BCUT2D eigenvalue weighted by Crippen LogP contribution is 2.44. The van der Waals surface area contributed by atoms with Gasteiger partial charge in [0.25, 0.3) is 0 Å². The van der Waals surface area contributed by atoms with Gasteiger partial charge in [-0.1, -0.05) is 30.3 Å². The summed E-state index contributed by atoms with van der Waals surface area (Å²) < 4.78 is 0. The van der Waals surface area contributed by atoms with E-state index in [1.807, 2.05) is 36.4 Å². The number of nitrogens with zero attached hydrogens (tertiary/aromatic N) is 1. The first-order valence-corrected chi connectivity index (χ1v) is 8.24. The van der Waals surface area contributed by atoms with Crippen LogP contribution in [0, 0.1) is 0 Å². The van der Waals surface area contributed by atoms with Crippen LogP contribution in [0.4, 0.5) is 5.69 Å². The molecule has 1 spiro atoms. The molecule has 5 rings (SSSR count). The van der Waals surface area contributed by atoms with Gasteiger partial charge in [0.05, 0.1) is 23.5 Å². The number of quaternary nitrogens is 1. The molecule has 0 fully saturated rings. The number of carbonyl (C=O) groups is 1. The van der Waals surface area contributed by atoms with Gasteiger partial charge >= 0.3 is 5.91 Å². The van der Waals surface area contributed by atoms with Crippen molar-refractivity contribution in [2.75, 3.05) is 18.2 Å². The van der Waals surface area contributed by atoms with E-state index in [-0.39, 0.29) is 12.6 Å². The van der Waals surface area contributed by atoms with Crippen molar-refractivity contribution in [1.82, 2.24) is 4.98 Å². The van der Waals surface area contributed by atoms with Crippen LogP contribution >= 0.6 is 0 Å². The number of amides is 1. The Kier molecular flexibility index (Phi) is 2.69. The molecule has 1 amide bonds. The third kappa shape index (κ3) is 1.48. The molecule has 24 heavy (non-hydrogen) atoms. The van der Waals surface area contributed by atoms with Gasteiger partial charge < -0.3 is 15.4 Å². The Labute approximate surface area is 138 Å². The number of aliphatic hydroxyl groups is 1. The van der Waals surface area contributed by atoms with E-state index in [2.05, 4.69) is 22.4 Å². The second-order valence-corrected chi connectivity index (χ2v) is 6.47. The third-order valence-electron chi connectivity index (χ3n) is 5.40. The molecule has 3 aromatic rings. The maximum absolute atomic E-state index is 13.3. The number of nitrogens with two attached hydrogens (primary N) is 1. The lowest BCUT2D eigenvalue weighted by Crippen LogP contribution is -2.99. The molecular formula is C19H18N3O2+. The van der Waals surface area contributed by atoms with E-state index in [9.17, 15) is 9.90 Å². The van der Waals surface area contributed by atoms with Crippen LogP contribution in [0.2, 0.25) is 0 Å². The SMILES string of the molecule is O=C1N(CO)c2ccccc2[C@]12[NH2+]CCc1c2[nH]c2ccccc12. The Balaban J connectivity index is 1.86. The third-order valence-corrected chi connectivity index (χ3v) is 5.40. The zero-order chi connectivity index (χ0) is 16.3. The molecule has 0 bridgehead atoms. The van der Waals surface area contributed by atoms with Gasteiger partial charge in [0.15, 0.2) is 0 Å². The Morgan fingerprint density at radius 1 is 1.17 bits per heavy atom. The van der Waals surface area contributed by atoms with Gasteiger partial charge in [-0.2, -0.15) is 0 Å². The molecule has 5 nitrogen and oxygen atoms in total. The van der Waals surface area contributed by atoms with Crippen molar-refractivity contribution < 1.29 is 15.2 Å². The van der Waals surface area contributed by atoms with Gasteiger partial charge in [0.1, 0.15) is 6.73 Å². The fraction of sp³-hybridized carbons (Fsp3) is 0.211. The van der Waals surface area contributed by atoms with Gasteiger partial charge in [-0.15, -0.1) is 0 Å². The van der Waals surface area contributed by atoms with Crippen molar-refractivity contribution in [2.45, 2.75) is 12.0 Å². The number of aromatic amines is 1.